The van der Waals surface area contributed by atoms with Crippen LogP contribution in [0.1, 0.15) is 0 Å². The van der Waals surface area contributed by atoms with Gasteiger partial charge in [0.1, 0.15) is 0 Å². The Morgan fingerprint density at radius 3 is 1.00 bits per heavy atom. The van der Waals surface area contributed by atoms with Gasteiger partial charge in [0.15, 0.2) is 0 Å². The third-order valence-corrected chi connectivity index (χ3v) is 0. The summed E-state index contributed by atoms with van der Waals surface area (Å²) in [5.74, 6) is 0. The Labute approximate surface area is 76.8 Å². The molecule has 0 heterocycles. The number of hydrogen-bond donors (Lipinski definition) is 0. The molecule has 0 bridgehead atoms. The molecule has 0 aliphatic rings. The number of hydrogen-bond acceptors (Lipinski definition) is 0. The molecule has 0 atom stereocenters. The maximum Gasteiger partial charge on any atom is 1.00 e. The Morgan fingerprint density at radius 2 is 1.00 bits per heavy atom. The topological polar surface area (TPSA) is 0 Å². The van der Waals surface area contributed by atoms with E-state index in [1.165, 1.54) is 0 Å². The smallest absolute Gasteiger partial charge is 0.214 e. The molecule has 6 heteroatoms. The van der Waals surface area contributed by atoms with E-state index in [1.54, 1.807) is 0 Å². The van der Waals surface area contributed by atoms with Gasteiger partial charge in [0.25, 0.3) is 0 Å². The van der Waals surface area contributed by atoms with Crippen LogP contribution in [0.25, 0.3) is 0 Å². The average molecular weight is 171 g/mol. The van der Waals surface area contributed by atoms with Crippen molar-refractivity contribution in [2.75, 3.05) is 0 Å². The predicted octanol–water partition coefficient (Wildman–Crippen LogP) is -2.76. The molecule has 0 saturated heterocycles. The third-order valence-electron chi connectivity index (χ3n) is 0. The van der Waals surface area contributed by atoms with Gasteiger partial charge in [-0.1, -0.05) is 0 Å². The summed E-state index contributed by atoms with van der Waals surface area (Å²) < 4.78 is 0. The van der Waals surface area contributed by atoms with Crippen molar-refractivity contribution in [1.82, 2.24) is 0 Å². The minimum absolute atomic E-state index is 0. The minimum Gasteiger partial charge on any atom is -0.214 e. The molecule has 0 fully saturated rings. The molecule has 0 saturated carbocycles. The maximum absolute atomic E-state index is 4.94. The second-order valence-corrected chi connectivity index (χ2v) is 6.68. The molecule has 0 aliphatic carbocycles. The van der Waals surface area contributed by atoms with Gasteiger partial charge in [-0.25, -0.2) is 30.1 Å². The van der Waals surface area contributed by atoms with Crippen molar-refractivity contribution >= 4 is 58.9 Å². The third kappa shape index (κ3) is 31.2. The van der Waals surface area contributed by atoms with Crippen LogP contribution < -0.4 is 18.9 Å². The van der Waals surface area contributed by atoms with E-state index >= 15 is 0 Å². The summed E-state index contributed by atoms with van der Waals surface area (Å²) in [6, 6.07) is 0. The van der Waals surface area contributed by atoms with Crippen LogP contribution in [-0.2, 0) is 0 Å². The van der Waals surface area contributed by atoms with Gasteiger partial charge in [-0.3, -0.25) is 0 Å². The molecule has 0 aromatic heterocycles. The van der Waals surface area contributed by atoms with Gasteiger partial charge in [0.05, 0.1) is 0 Å². The fraction of sp³-hybridized carbons (Fsp3) is 0. The van der Waals surface area contributed by atoms with E-state index in [1.807, 2.05) is 0 Å². The standard InChI is InChI=1S/2Al.3ClH.Li.4H/h;;3*1H;;;;;/q-1;+3;;;;+1;;;;/p-3. The van der Waals surface area contributed by atoms with E-state index in [2.05, 4.69) is 0 Å². The van der Waals surface area contributed by atoms with E-state index < -0.39 is 11.4 Å². The zero-order chi connectivity index (χ0) is 3.58. The molecule has 0 nitrogen and oxygen atoms in total. The van der Waals surface area contributed by atoms with Crippen LogP contribution in [-0.4, -0.2) is 28.7 Å². The first-order valence-corrected chi connectivity index (χ1v) is 5.89. The van der Waals surface area contributed by atoms with Crippen molar-refractivity contribution in [1.29, 1.82) is 0 Å². The van der Waals surface area contributed by atoms with Crippen molar-refractivity contribution in [2.24, 2.45) is 0 Å². The van der Waals surface area contributed by atoms with Gasteiger partial charge in [-0.05, 0) is 0 Å². The van der Waals surface area contributed by atoms with Crippen LogP contribution in [0.5, 0.6) is 0 Å². The van der Waals surface area contributed by atoms with Gasteiger partial charge in [-0.2, -0.15) is 0 Å². The Kier molecular flexibility index (Phi) is 27.7. The molecule has 0 unspecified atom stereocenters. The van der Waals surface area contributed by atoms with Crippen LogP contribution in [0.4, 0.5) is 0 Å². The summed E-state index contributed by atoms with van der Waals surface area (Å²) in [6.45, 7) is 0. The van der Waals surface area contributed by atoms with Gasteiger partial charge in [0.2, 0.25) is 0 Å². The number of rotatable bonds is 0. The largest absolute Gasteiger partial charge is 1.00 e. The Balaban J connectivity index is -0.0000000450. The molecular weight excluding hydrogens is 167 g/mol. The molecule has 0 amide bonds. The molecule has 0 aromatic rings. The quantitative estimate of drug-likeness (QED) is 0.346. The van der Waals surface area contributed by atoms with Crippen LogP contribution >= 0.6 is 30.1 Å². The second-order valence-electron chi connectivity index (χ2n) is 0.247. The van der Waals surface area contributed by atoms with Gasteiger partial charge < -0.3 is 0 Å². The number of halogens is 3. The van der Waals surface area contributed by atoms with Crippen molar-refractivity contribution in [2.45, 2.75) is 0 Å². The second kappa shape index (κ2) is 10.5. The van der Waals surface area contributed by atoms with Crippen LogP contribution in [0.2, 0.25) is 0 Å². The summed E-state index contributed by atoms with van der Waals surface area (Å²) in [7, 11) is 14.8. The summed E-state index contributed by atoms with van der Waals surface area (Å²) in [5, 5.41) is 0. The zero-order valence-electron chi connectivity index (χ0n) is 2.71. The van der Waals surface area contributed by atoms with Gasteiger partial charge in [-0.15, -0.1) is 0 Å². The summed E-state index contributed by atoms with van der Waals surface area (Å²) in [5.41, 5.74) is 0. The first-order chi connectivity index (χ1) is 1.73. The maximum atomic E-state index is 4.94. The molecular formula is H4Al2Cl3Li. The van der Waals surface area contributed by atoms with E-state index in [0.717, 1.165) is 0 Å². The van der Waals surface area contributed by atoms with Gasteiger partial charge in [0, 0.05) is 17.4 Å². The van der Waals surface area contributed by atoms with Crippen molar-refractivity contribution in [3.8, 4) is 0 Å². The summed E-state index contributed by atoms with van der Waals surface area (Å²) in [6.07, 6.45) is 0. The zero-order valence-corrected chi connectivity index (χ0v) is 6.13. The molecule has 0 aliphatic heterocycles. The predicted molar refractivity (Wildman–Crippen MR) is 34.6 cm³/mol. The fourth-order valence-corrected chi connectivity index (χ4v) is 0. The van der Waals surface area contributed by atoms with Gasteiger partial charge >= 0.3 is 30.2 Å². The summed E-state index contributed by atoms with van der Waals surface area (Å²) >= 11 is -1.72. The molecule has 0 N–H and O–H groups in total. The molecule has 6 heavy (non-hydrogen) atoms. The summed E-state index contributed by atoms with van der Waals surface area (Å²) in [4.78, 5) is 0. The first kappa shape index (κ1) is 15.8. The van der Waals surface area contributed by atoms with Crippen LogP contribution in [0.15, 0.2) is 0 Å². The molecule has 0 spiro atoms. The Bertz CT molecular complexity index is 13.5. The Hall–Kier alpha value is 2.53. The van der Waals surface area contributed by atoms with Crippen LogP contribution in [0.3, 0.4) is 0 Å². The van der Waals surface area contributed by atoms with Crippen LogP contribution in [0, 0.1) is 0 Å². The van der Waals surface area contributed by atoms with E-state index in [4.69, 9.17) is 30.1 Å². The molecule has 0 rings (SSSR count). The van der Waals surface area contributed by atoms with Crippen molar-refractivity contribution in [3.05, 3.63) is 0 Å². The normalized spacial score (nSPS) is 4.50. The monoisotopic (exact) mass is 170 g/mol. The minimum atomic E-state index is -1.72. The Morgan fingerprint density at radius 1 is 1.00 bits per heavy atom. The average Bonchev–Trinajstić information content (AvgIpc) is 0.811. The fourth-order valence-electron chi connectivity index (χ4n) is 0. The molecule has 32 valence electrons. The first-order valence-electron chi connectivity index (χ1n) is 0.655. The van der Waals surface area contributed by atoms with E-state index in [0.29, 0.717) is 0 Å². The van der Waals surface area contributed by atoms with E-state index in [-0.39, 0.29) is 36.2 Å². The molecule has 0 radical (unpaired) electrons. The van der Waals surface area contributed by atoms with E-state index in [9.17, 15) is 0 Å². The van der Waals surface area contributed by atoms with Crippen molar-refractivity contribution < 1.29 is 18.9 Å². The SMILES string of the molecule is [AlH4-].[Cl][Al]([Cl])[Cl].[Li+]. The van der Waals surface area contributed by atoms with Crippen molar-refractivity contribution in [3.63, 3.8) is 0 Å². The molecule has 0 aromatic carbocycles.